The monoisotopic (exact) mass is 162 g/mol. The van der Waals surface area contributed by atoms with E-state index in [2.05, 4.69) is 35.6 Å². The third kappa shape index (κ3) is 3.13. The SMILES string of the molecule is CCN[N+](NC)(NC)NCC. The van der Waals surface area contributed by atoms with Gasteiger partial charge in [0.2, 0.25) is 0 Å². The minimum atomic E-state index is 0.326. The number of nitrogens with one attached hydrogen (secondary N) is 4. The predicted molar refractivity (Wildman–Crippen MR) is 45.7 cm³/mol. The molecule has 0 aromatic heterocycles. The van der Waals surface area contributed by atoms with E-state index < -0.39 is 0 Å². The van der Waals surface area contributed by atoms with Crippen LogP contribution in [0.5, 0.6) is 0 Å². The maximum Gasteiger partial charge on any atom is 0.0481 e. The zero-order chi connectivity index (χ0) is 8.74. The minimum Gasteiger partial charge on any atom is -0.112 e. The number of quaternary nitrogens is 1. The van der Waals surface area contributed by atoms with Crippen LogP contribution < -0.4 is 21.7 Å². The summed E-state index contributed by atoms with van der Waals surface area (Å²) in [5.41, 5.74) is 12.5. The molecule has 5 nitrogen and oxygen atoms in total. The molecule has 0 aliphatic carbocycles. The van der Waals surface area contributed by atoms with Crippen molar-refractivity contribution in [2.75, 3.05) is 27.2 Å². The summed E-state index contributed by atoms with van der Waals surface area (Å²) in [6.07, 6.45) is 0. The van der Waals surface area contributed by atoms with E-state index in [1.165, 1.54) is 0 Å². The van der Waals surface area contributed by atoms with Crippen LogP contribution in [0.3, 0.4) is 0 Å². The fourth-order valence-corrected chi connectivity index (χ4v) is 0.958. The Bertz CT molecular complexity index is 83.0. The summed E-state index contributed by atoms with van der Waals surface area (Å²) in [4.78, 5) is 0.326. The standard InChI is InChI=1S/C6H20N5/c1-5-9-11(7-3,8-4)10-6-2/h7-10H,5-6H2,1-4H3/q+1. The van der Waals surface area contributed by atoms with Gasteiger partial charge in [-0.15, -0.1) is 21.7 Å². The van der Waals surface area contributed by atoms with Gasteiger partial charge in [-0.1, -0.05) is 0 Å². The molecular formula is C6H20N5+. The van der Waals surface area contributed by atoms with Crippen molar-refractivity contribution in [3.05, 3.63) is 0 Å². The van der Waals surface area contributed by atoms with Gasteiger partial charge in [-0.2, -0.15) is 0 Å². The molecule has 0 aliphatic rings. The molecule has 11 heavy (non-hydrogen) atoms. The van der Waals surface area contributed by atoms with Gasteiger partial charge in [-0.05, 0) is 18.8 Å². The molecule has 0 radical (unpaired) electrons. The highest BCUT2D eigenvalue weighted by Gasteiger charge is 2.21. The van der Waals surface area contributed by atoms with E-state index in [1.54, 1.807) is 0 Å². The first-order valence-electron chi connectivity index (χ1n) is 4.02. The Kier molecular flexibility index (Phi) is 5.35. The van der Waals surface area contributed by atoms with Crippen molar-refractivity contribution in [3.8, 4) is 0 Å². The third-order valence-corrected chi connectivity index (χ3v) is 1.46. The Labute approximate surface area is 68.6 Å². The average molecular weight is 162 g/mol. The molecule has 0 amide bonds. The first-order valence-corrected chi connectivity index (χ1v) is 4.02. The maximum atomic E-state index is 3.20. The van der Waals surface area contributed by atoms with Gasteiger partial charge in [0.15, 0.2) is 0 Å². The Hall–Kier alpha value is -0.200. The van der Waals surface area contributed by atoms with Crippen LogP contribution in [-0.4, -0.2) is 32.1 Å². The van der Waals surface area contributed by atoms with Gasteiger partial charge < -0.3 is 0 Å². The van der Waals surface area contributed by atoms with Crippen LogP contribution >= 0.6 is 0 Å². The zero-order valence-electron chi connectivity index (χ0n) is 7.86. The second kappa shape index (κ2) is 5.45. The normalized spacial score (nSPS) is 12.0. The van der Waals surface area contributed by atoms with Crippen LogP contribution in [0.1, 0.15) is 13.8 Å². The molecule has 0 heterocycles. The van der Waals surface area contributed by atoms with Crippen molar-refractivity contribution < 1.29 is 4.92 Å². The Morgan fingerprint density at radius 1 is 0.909 bits per heavy atom. The van der Waals surface area contributed by atoms with Crippen molar-refractivity contribution in [3.63, 3.8) is 0 Å². The number of hydrogen-bond donors (Lipinski definition) is 4. The summed E-state index contributed by atoms with van der Waals surface area (Å²) < 4.78 is 0. The highest BCUT2D eigenvalue weighted by Crippen LogP contribution is 1.79. The summed E-state index contributed by atoms with van der Waals surface area (Å²) in [7, 11) is 3.75. The van der Waals surface area contributed by atoms with E-state index in [1.807, 2.05) is 14.1 Å². The molecule has 0 aromatic carbocycles. The lowest BCUT2D eigenvalue weighted by Crippen LogP contribution is -2.77. The Morgan fingerprint density at radius 2 is 1.27 bits per heavy atom. The molecule has 68 valence electrons. The quantitative estimate of drug-likeness (QED) is 0.303. The number of nitrogens with zero attached hydrogens (tertiary/aromatic N) is 1. The summed E-state index contributed by atoms with van der Waals surface area (Å²) in [5, 5.41) is 0. The molecule has 4 N–H and O–H groups in total. The second-order valence-electron chi connectivity index (χ2n) is 2.14. The van der Waals surface area contributed by atoms with E-state index in [0.29, 0.717) is 4.92 Å². The van der Waals surface area contributed by atoms with E-state index in [9.17, 15) is 0 Å². The highest BCUT2D eigenvalue weighted by atomic mass is 16.1. The van der Waals surface area contributed by atoms with E-state index in [0.717, 1.165) is 13.1 Å². The van der Waals surface area contributed by atoms with Crippen LogP contribution in [0.25, 0.3) is 0 Å². The highest BCUT2D eigenvalue weighted by molar-refractivity contribution is 4.20. The third-order valence-electron chi connectivity index (χ3n) is 1.46. The Morgan fingerprint density at radius 3 is 1.45 bits per heavy atom. The van der Waals surface area contributed by atoms with Crippen molar-refractivity contribution in [2.45, 2.75) is 13.8 Å². The first kappa shape index (κ1) is 10.8. The van der Waals surface area contributed by atoms with Crippen molar-refractivity contribution in [1.29, 1.82) is 0 Å². The van der Waals surface area contributed by atoms with Crippen molar-refractivity contribution in [2.24, 2.45) is 0 Å². The fourth-order valence-electron chi connectivity index (χ4n) is 0.958. The molecule has 0 rings (SSSR count). The molecule has 5 heteroatoms. The molecule has 0 atom stereocenters. The lowest BCUT2D eigenvalue weighted by atomic mass is 10.8. The van der Waals surface area contributed by atoms with Gasteiger partial charge in [0.05, 0.1) is 0 Å². The molecule has 0 unspecified atom stereocenters. The van der Waals surface area contributed by atoms with Gasteiger partial charge in [0.1, 0.15) is 0 Å². The first-order chi connectivity index (χ1) is 5.24. The van der Waals surface area contributed by atoms with Gasteiger partial charge in [-0.3, -0.25) is 0 Å². The largest absolute Gasteiger partial charge is 0.112 e. The molecule has 0 fully saturated rings. The molecule has 0 aromatic rings. The maximum absolute atomic E-state index is 3.20. The molecule has 0 spiro atoms. The lowest BCUT2D eigenvalue weighted by molar-refractivity contribution is -1.08. The van der Waals surface area contributed by atoms with Gasteiger partial charge in [-0.25, -0.2) is 0 Å². The molecule has 0 saturated carbocycles. The topological polar surface area (TPSA) is 48.1 Å². The van der Waals surface area contributed by atoms with Gasteiger partial charge in [0, 0.05) is 27.2 Å². The number of hydrogen-bond acceptors (Lipinski definition) is 4. The molecule has 0 bridgehead atoms. The Balaban J connectivity index is 3.96. The summed E-state index contributed by atoms with van der Waals surface area (Å²) >= 11 is 0. The van der Waals surface area contributed by atoms with Gasteiger partial charge >= 0.3 is 0 Å². The number of rotatable bonds is 6. The van der Waals surface area contributed by atoms with Gasteiger partial charge in [0.25, 0.3) is 0 Å². The van der Waals surface area contributed by atoms with Crippen LogP contribution in [0.4, 0.5) is 0 Å². The minimum absolute atomic E-state index is 0.326. The second-order valence-corrected chi connectivity index (χ2v) is 2.14. The zero-order valence-corrected chi connectivity index (χ0v) is 7.86. The molecule has 0 aliphatic heterocycles. The summed E-state index contributed by atoms with van der Waals surface area (Å²) in [6.45, 7) is 5.88. The summed E-state index contributed by atoms with van der Waals surface area (Å²) in [6, 6.07) is 0. The fraction of sp³-hybridized carbons (Fsp3) is 1.00. The molecular weight excluding hydrogens is 142 g/mol. The smallest absolute Gasteiger partial charge is 0.0481 e. The lowest BCUT2D eigenvalue weighted by Gasteiger charge is -2.32. The van der Waals surface area contributed by atoms with Crippen molar-refractivity contribution in [1.82, 2.24) is 21.7 Å². The van der Waals surface area contributed by atoms with E-state index in [-0.39, 0.29) is 0 Å². The summed E-state index contributed by atoms with van der Waals surface area (Å²) in [5.74, 6) is 0. The van der Waals surface area contributed by atoms with Crippen LogP contribution in [0.2, 0.25) is 0 Å². The predicted octanol–water partition coefficient (Wildman–Crippen LogP) is -0.879. The van der Waals surface area contributed by atoms with Crippen LogP contribution in [-0.2, 0) is 0 Å². The molecule has 0 saturated heterocycles. The van der Waals surface area contributed by atoms with Crippen molar-refractivity contribution >= 4 is 0 Å². The van der Waals surface area contributed by atoms with Crippen LogP contribution in [0.15, 0.2) is 0 Å². The van der Waals surface area contributed by atoms with E-state index >= 15 is 0 Å². The van der Waals surface area contributed by atoms with E-state index in [4.69, 9.17) is 0 Å². The van der Waals surface area contributed by atoms with Crippen LogP contribution in [0, 0.1) is 0 Å². The average Bonchev–Trinajstić information content (AvgIpc) is 2.04.